The highest BCUT2D eigenvalue weighted by molar-refractivity contribution is 6.00. The highest BCUT2D eigenvalue weighted by Crippen LogP contribution is 2.40. The molecule has 0 saturated heterocycles. The Bertz CT molecular complexity index is 1330. The molecule has 9 heteroatoms. The fraction of sp³-hybridized carbons (Fsp3) is 0.238. The van der Waals surface area contributed by atoms with Gasteiger partial charge in [-0.05, 0) is 30.7 Å². The molecule has 0 unspecified atom stereocenters. The molecule has 0 bridgehead atoms. The molecule has 0 amide bonds. The monoisotopic (exact) mass is 406 g/mol. The lowest BCUT2D eigenvalue weighted by Gasteiger charge is -2.31. The second-order valence-corrected chi connectivity index (χ2v) is 7.41. The number of hydrogen-bond acceptors (Lipinski definition) is 7. The molecule has 1 atom stereocenters. The molecule has 0 saturated carbocycles. The van der Waals surface area contributed by atoms with Crippen molar-refractivity contribution in [2.24, 2.45) is 0 Å². The van der Waals surface area contributed by atoms with Crippen LogP contribution in [0.15, 0.2) is 29.1 Å². The van der Waals surface area contributed by atoms with E-state index in [2.05, 4.69) is 10.3 Å². The maximum absolute atomic E-state index is 13.2. The van der Waals surface area contributed by atoms with Crippen LogP contribution in [-0.2, 0) is 28.3 Å². The Morgan fingerprint density at radius 1 is 1.37 bits per heavy atom. The van der Waals surface area contributed by atoms with Crippen molar-refractivity contribution in [1.82, 2.24) is 9.55 Å². The van der Waals surface area contributed by atoms with E-state index in [0.717, 1.165) is 11.9 Å². The fourth-order valence-corrected chi connectivity index (χ4v) is 4.26. The van der Waals surface area contributed by atoms with Crippen molar-refractivity contribution in [3.05, 3.63) is 51.3 Å². The number of phenolic OH excluding ortho intramolecular Hbond substituents is 1. The molecule has 152 valence electrons. The Morgan fingerprint density at radius 3 is 2.90 bits per heavy atom. The number of nitrogens with zero attached hydrogens (tertiary/aromatic N) is 2. The van der Waals surface area contributed by atoms with Gasteiger partial charge in [0.15, 0.2) is 5.60 Å². The molecule has 30 heavy (non-hydrogen) atoms. The third-order valence-electron chi connectivity index (χ3n) is 5.89. The summed E-state index contributed by atoms with van der Waals surface area (Å²) in [5.41, 5.74) is 1.12. The quantitative estimate of drug-likeness (QED) is 0.176. The second kappa shape index (κ2) is 6.14. The Labute approximate surface area is 170 Å². The molecule has 9 nitrogen and oxygen atoms in total. The first kappa shape index (κ1) is 18.3. The number of aromatic nitrogens is 2. The zero-order valence-electron chi connectivity index (χ0n) is 16.0. The van der Waals surface area contributed by atoms with Crippen molar-refractivity contribution in [1.29, 1.82) is 5.41 Å². The maximum Gasteiger partial charge on any atom is 0.343 e. The van der Waals surface area contributed by atoms with Gasteiger partial charge in [-0.2, -0.15) is 0 Å². The standard InChI is InChI=1S/C21H18N4O5/c1-2-21(29)13-6-15-17-10(7-25(15)19(27)12(13)8-30-20(21)28)5-11-14(24-17)3-4-16(26)18(11)23-9-22/h3-6,9,26,29H,2,7-8H2,1H3,(H2,22,23)/t21-/m0/s1. The third-order valence-corrected chi connectivity index (χ3v) is 5.89. The number of hydrogen-bond donors (Lipinski definition) is 4. The van der Waals surface area contributed by atoms with E-state index in [1.54, 1.807) is 23.6 Å². The molecule has 1 aromatic carbocycles. The summed E-state index contributed by atoms with van der Waals surface area (Å²) in [6.07, 6.45) is 1.05. The average molecular weight is 406 g/mol. The van der Waals surface area contributed by atoms with Crippen molar-refractivity contribution in [2.75, 3.05) is 5.32 Å². The summed E-state index contributed by atoms with van der Waals surface area (Å²) in [4.78, 5) is 30.1. The van der Waals surface area contributed by atoms with Crippen molar-refractivity contribution in [2.45, 2.75) is 32.1 Å². The molecule has 0 fully saturated rings. The Hall–Kier alpha value is -3.72. The van der Waals surface area contributed by atoms with Crippen LogP contribution in [-0.4, -0.2) is 32.1 Å². The van der Waals surface area contributed by atoms with E-state index in [1.807, 2.05) is 6.07 Å². The van der Waals surface area contributed by atoms with Crippen molar-refractivity contribution in [3.8, 4) is 17.1 Å². The molecule has 0 spiro atoms. The number of phenols is 1. The number of aliphatic hydroxyl groups is 1. The number of pyridine rings is 2. The highest BCUT2D eigenvalue weighted by atomic mass is 16.6. The van der Waals surface area contributed by atoms with Gasteiger partial charge in [0.2, 0.25) is 0 Å². The molecule has 3 aromatic rings. The lowest BCUT2D eigenvalue weighted by molar-refractivity contribution is -0.172. The molecule has 4 N–H and O–H groups in total. The Balaban J connectivity index is 1.77. The van der Waals surface area contributed by atoms with E-state index in [-0.39, 0.29) is 42.0 Å². The minimum absolute atomic E-state index is 0.0143. The van der Waals surface area contributed by atoms with Gasteiger partial charge in [0.1, 0.15) is 12.4 Å². The Morgan fingerprint density at radius 2 is 2.17 bits per heavy atom. The molecular weight excluding hydrogens is 388 g/mol. The van der Waals surface area contributed by atoms with E-state index in [9.17, 15) is 19.8 Å². The summed E-state index contributed by atoms with van der Waals surface area (Å²) in [7, 11) is 0. The van der Waals surface area contributed by atoms with Crippen LogP contribution < -0.4 is 10.9 Å². The SMILES string of the molecule is CC[C@@]1(O)C(=O)OCc2c1cc1n(c2=O)Cc2cc3c(NC=N)c(O)ccc3nc2-1. The molecule has 2 aliphatic rings. The van der Waals surface area contributed by atoms with Crippen LogP contribution in [0.5, 0.6) is 5.75 Å². The Kier molecular flexibility index (Phi) is 3.75. The molecular formula is C21H18N4O5. The van der Waals surface area contributed by atoms with Gasteiger partial charge < -0.3 is 24.8 Å². The number of ether oxygens (including phenoxy) is 1. The van der Waals surface area contributed by atoms with Gasteiger partial charge >= 0.3 is 5.97 Å². The summed E-state index contributed by atoms with van der Waals surface area (Å²) in [6.45, 7) is 1.74. The minimum atomic E-state index is -1.87. The predicted molar refractivity (Wildman–Crippen MR) is 109 cm³/mol. The molecule has 5 rings (SSSR count). The number of anilines is 1. The van der Waals surface area contributed by atoms with E-state index in [0.29, 0.717) is 28.0 Å². The first-order valence-electron chi connectivity index (χ1n) is 9.47. The summed E-state index contributed by atoms with van der Waals surface area (Å²) >= 11 is 0. The maximum atomic E-state index is 13.2. The lowest BCUT2D eigenvalue weighted by Crippen LogP contribution is -2.44. The molecule has 2 aliphatic heterocycles. The molecule has 4 heterocycles. The number of benzene rings is 1. The minimum Gasteiger partial charge on any atom is -0.506 e. The number of cyclic esters (lactones) is 1. The average Bonchev–Trinajstić information content (AvgIpc) is 3.10. The van der Waals surface area contributed by atoms with Gasteiger partial charge in [0.05, 0.1) is 41.0 Å². The summed E-state index contributed by atoms with van der Waals surface area (Å²) in [6, 6.07) is 6.61. The number of aromatic hydroxyl groups is 1. The van der Waals surface area contributed by atoms with Crippen molar-refractivity contribution < 1.29 is 19.7 Å². The van der Waals surface area contributed by atoms with Crippen LogP contribution in [0.2, 0.25) is 0 Å². The number of rotatable bonds is 3. The van der Waals surface area contributed by atoms with Gasteiger partial charge in [-0.15, -0.1) is 0 Å². The third kappa shape index (κ3) is 2.26. The first-order valence-corrected chi connectivity index (χ1v) is 9.47. The zero-order chi connectivity index (χ0) is 21.2. The largest absolute Gasteiger partial charge is 0.506 e. The van der Waals surface area contributed by atoms with E-state index < -0.39 is 11.6 Å². The fourth-order valence-electron chi connectivity index (χ4n) is 4.26. The highest BCUT2D eigenvalue weighted by Gasteiger charge is 2.45. The molecule has 0 aliphatic carbocycles. The van der Waals surface area contributed by atoms with Crippen LogP contribution >= 0.6 is 0 Å². The zero-order valence-corrected chi connectivity index (χ0v) is 16.0. The van der Waals surface area contributed by atoms with Crippen LogP contribution in [0.25, 0.3) is 22.3 Å². The first-order chi connectivity index (χ1) is 14.4. The summed E-state index contributed by atoms with van der Waals surface area (Å²) < 4.78 is 6.62. The van der Waals surface area contributed by atoms with Gasteiger partial charge in [0, 0.05) is 16.5 Å². The number of nitrogens with one attached hydrogen (secondary N) is 2. The van der Waals surface area contributed by atoms with E-state index in [4.69, 9.17) is 10.1 Å². The van der Waals surface area contributed by atoms with Crippen molar-refractivity contribution in [3.63, 3.8) is 0 Å². The summed E-state index contributed by atoms with van der Waals surface area (Å²) in [5.74, 6) is -0.774. The predicted octanol–water partition coefficient (Wildman–Crippen LogP) is 1.80. The lowest BCUT2D eigenvalue weighted by atomic mass is 9.86. The summed E-state index contributed by atoms with van der Waals surface area (Å²) in [5, 5.41) is 31.7. The van der Waals surface area contributed by atoms with Crippen LogP contribution in [0.3, 0.4) is 0 Å². The smallest absolute Gasteiger partial charge is 0.343 e. The topological polar surface area (TPSA) is 138 Å². The molecule has 2 aromatic heterocycles. The van der Waals surface area contributed by atoms with Gasteiger partial charge in [-0.1, -0.05) is 6.92 Å². The number of carbonyl (C=O) groups is 1. The van der Waals surface area contributed by atoms with E-state index >= 15 is 0 Å². The van der Waals surface area contributed by atoms with Gasteiger partial charge in [-0.3, -0.25) is 10.2 Å². The number of fused-ring (bicyclic) bond motifs is 5. The van der Waals surface area contributed by atoms with Crippen LogP contribution in [0.4, 0.5) is 5.69 Å². The number of esters is 1. The van der Waals surface area contributed by atoms with Crippen molar-refractivity contribution >= 4 is 28.9 Å². The normalized spacial score (nSPS) is 19.1. The van der Waals surface area contributed by atoms with Gasteiger partial charge in [-0.25, -0.2) is 9.78 Å². The second-order valence-electron chi connectivity index (χ2n) is 7.41. The van der Waals surface area contributed by atoms with Crippen LogP contribution in [0.1, 0.15) is 30.0 Å². The van der Waals surface area contributed by atoms with Crippen LogP contribution in [0, 0.1) is 5.41 Å². The van der Waals surface area contributed by atoms with E-state index in [1.165, 1.54) is 6.07 Å². The molecule has 0 radical (unpaired) electrons. The number of carbonyl (C=O) groups excluding carboxylic acids is 1. The van der Waals surface area contributed by atoms with Gasteiger partial charge in [0.25, 0.3) is 5.56 Å².